The number of hydrogen-bond acceptors (Lipinski definition) is 3. The Bertz CT molecular complexity index is 279. The Hall–Kier alpha value is -0.610. The lowest BCUT2D eigenvalue weighted by Crippen LogP contribution is -2.52. The number of piperidine rings is 1. The molecule has 2 unspecified atom stereocenters. The van der Waals surface area contributed by atoms with Crippen LogP contribution in [0, 0.1) is 11.8 Å². The van der Waals surface area contributed by atoms with Gasteiger partial charge in [-0.3, -0.25) is 4.79 Å². The summed E-state index contributed by atoms with van der Waals surface area (Å²) in [6, 6.07) is 0. The smallest absolute Gasteiger partial charge is 0.225 e. The molecule has 0 aromatic heterocycles. The lowest BCUT2D eigenvalue weighted by molar-refractivity contribution is -0.141. The van der Waals surface area contributed by atoms with Crippen LogP contribution < -0.4 is 5.32 Å². The minimum atomic E-state index is 0.163. The molecule has 4 nitrogen and oxygen atoms in total. The second kappa shape index (κ2) is 6.53. The zero-order valence-corrected chi connectivity index (χ0v) is 11.7. The Kier molecular flexibility index (Phi) is 5.01. The number of rotatable bonds is 5. The van der Waals surface area contributed by atoms with E-state index >= 15 is 0 Å². The number of amides is 1. The average Bonchev–Trinajstić information content (AvgIpc) is 2.33. The van der Waals surface area contributed by atoms with Crippen LogP contribution in [0.3, 0.4) is 0 Å². The number of hydrogen-bond donors (Lipinski definition) is 1. The SMILES string of the molecule is CCCOC1CCCN(C(=O)C(C)C2CNC2)C1. The maximum atomic E-state index is 12.4. The summed E-state index contributed by atoms with van der Waals surface area (Å²) in [6.45, 7) is 8.71. The molecule has 0 bridgehead atoms. The van der Waals surface area contributed by atoms with Crippen LogP contribution in [0.4, 0.5) is 0 Å². The molecule has 1 N–H and O–H groups in total. The summed E-state index contributed by atoms with van der Waals surface area (Å²) in [5, 5.41) is 3.24. The molecule has 0 aliphatic carbocycles. The van der Waals surface area contributed by atoms with Crippen molar-refractivity contribution in [3.05, 3.63) is 0 Å². The largest absolute Gasteiger partial charge is 0.376 e. The van der Waals surface area contributed by atoms with Crippen LogP contribution in [0.25, 0.3) is 0 Å². The highest BCUT2D eigenvalue weighted by atomic mass is 16.5. The second-order valence-electron chi connectivity index (χ2n) is 5.63. The zero-order chi connectivity index (χ0) is 13.0. The molecule has 0 radical (unpaired) electrons. The van der Waals surface area contributed by atoms with Gasteiger partial charge in [0, 0.05) is 25.6 Å². The molecule has 2 saturated heterocycles. The monoisotopic (exact) mass is 254 g/mol. The highest BCUT2D eigenvalue weighted by Crippen LogP contribution is 2.21. The van der Waals surface area contributed by atoms with Crippen LogP contribution in [-0.2, 0) is 9.53 Å². The Morgan fingerprint density at radius 3 is 2.89 bits per heavy atom. The van der Waals surface area contributed by atoms with E-state index in [9.17, 15) is 4.79 Å². The lowest BCUT2D eigenvalue weighted by atomic mass is 9.87. The molecule has 0 aromatic rings. The number of carbonyl (C=O) groups excluding carboxylic acids is 1. The van der Waals surface area contributed by atoms with Crippen molar-refractivity contribution < 1.29 is 9.53 Å². The first-order valence-electron chi connectivity index (χ1n) is 7.33. The minimum Gasteiger partial charge on any atom is -0.376 e. The standard InChI is InChI=1S/C14H26N2O2/c1-3-7-18-13-5-4-6-16(10-13)14(17)11(2)12-8-15-9-12/h11-13,15H,3-10H2,1-2H3. The van der Waals surface area contributed by atoms with Crippen LogP contribution in [-0.4, -0.2) is 49.7 Å². The Morgan fingerprint density at radius 2 is 2.28 bits per heavy atom. The highest BCUT2D eigenvalue weighted by molar-refractivity contribution is 5.79. The molecule has 0 aromatic carbocycles. The first-order chi connectivity index (χ1) is 8.72. The van der Waals surface area contributed by atoms with E-state index in [1.165, 1.54) is 0 Å². The Balaban J connectivity index is 1.81. The maximum absolute atomic E-state index is 12.4. The summed E-state index contributed by atoms with van der Waals surface area (Å²) in [5.41, 5.74) is 0. The number of likely N-dealkylation sites (tertiary alicyclic amines) is 1. The van der Waals surface area contributed by atoms with Crippen molar-refractivity contribution in [1.82, 2.24) is 10.2 Å². The van der Waals surface area contributed by atoms with Crippen molar-refractivity contribution in [2.24, 2.45) is 11.8 Å². The van der Waals surface area contributed by atoms with Gasteiger partial charge in [-0.25, -0.2) is 0 Å². The molecule has 0 spiro atoms. The van der Waals surface area contributed by atoms with E-state index in [2.05, 4.69) is 19.2 Å². The van der Waals surface area contributed by atoms with Crippen LogP contribution in [0.1, 0.15) is 33.1 Å². The maximum Gasteiger partial charge on any atom is 0.225 e. The second-order valence-corrected chi connectivity index (χ2v) is 5.63. The fourth-order valence-electron chi connectivity index (χ4n) is 2.71. The summed E-state index contributed by atoms with van der Waals surface area (Å²) < 4.78 is 5.79. The van der Waals surface area contributed by atoms with Crippen molar-refractivity contribution in [3.8, 4) is 0 Å². The quantitative estimate of drug-likeness (QED) is 0.803. The molecule has 4 heteroatoms. The number of ether oxygens (including phenoxy) is 1. The zero-order valence-electron chi connectivity index (χ0n) is 11.7. The molecule has 2 rings (SSSR count). The summed E-state index contributed by atoms with van der Waals surface area (Å²) in [5.74, 6) is 1.02. The molecule has 18 heavy (non-hydrogen) atoms. The number of carbonyl (C=O) groups is 1. The fraction of sp³-hybridized carbons (Fsp3) is 0.929. The normalized spacial score (nSPS) is 26.8. The summed E-state index contributed by atoms with van der Waals surface area (Å²) in [7, 11) is 0. The van der Waals surface area contributed by atoms with Crippen molar-refractivity contribution in [1.29, 1.82) is 0 Å². The molecule has 2 heterocycles. The summed E-state index contributed by atoms with van der Waals surface area (Å²) in [4.78, 5) is 14.4. The topological polar surface area (TPSA) is 41.6 Å². The first-order valence-corrected chi connectivity index (χ1v) is 7.33. The third-order valence-electron chi connectivity index (χ3n) is 4.16. The molecule has 1 amide bonds. The van der Waals surface area contributed by atoms with Gasteiger partial charge in [-0.1, -0.05) is 13.8 Å². The van der Waals surface area contributed by atoms with Crippen LogP contribution in [0.5, 0.6) is 0 Å². The van der Waals surface area contributed by atoms with Gasteiger partial charge in [-0.15, -0.1) is 0 Å². The van der Waals surface area contributed by atoms with Gasteiger partial charge < -0.3 is 15.0 Å². The van der Waals surface area contributed by atoms with E-state index in [1.54, 1.807) is 0 Å². The van der Waals surface area contributed by atoms with Gasteiger partial charge in [0.1, 0.15) is 0 Å². The van der Waals surface area contributed by atoms with Gasteiger partial charge in [0.15, 0.2) is 0 Å². The average molecular weight is 254 g/mol. The van der Waals surface area contributed by atoms with Gasteiger partial charge in [0.2, 0.25) is 5.91 Å². The predicted molar refractivity (Wildman–Crippen MR) is 71.4 cm³/mol. The van der Waals surface area contributed by atoms with Gasteiger partial charge in [-0.05, 0) is 38.3 Å². The molecule has 2 aliphatic rings. The van der Waals surface area contributed by atoms with E-state index in [-0.39, 0.29) is 12.0 Å². The van der Waals surface area contributed by atoms with Crippen LogP contribution in [0.15, 0.2) is 0 Å². The molecule has 2 aliphatic heterocycles. The summed E-state index contributed by atoms with van der Waals surface area (Å²) >= 11 is 0. The first kappa shape index (κ1) is 13.8. The minimum absolute atomic E-state index is 0.163. The van der Waals surface area contributed by atoms with Crippen molar-refractivity contribution in [2.75, 3.05) is 32.8 Å². The Morgan fingerprint density at radius 1 is 1.50 bits per heavy atom. The molecular weight excluding hydrogens is 228 g/mol. The number of nitrogens with one attached hydrogen (secondary N) is 1. The van der Waals surface area contributed by atoms with E-state index < -0.39 is 0 Å². The molecule has 2 fully saturated rings. The van der Waals surface area contributed by atoms with Crippen molar-refractivity contribution >= 4 is 5.91 Å². The summed E-state index contributed by atoms with van der Waals surface area (Å²) in [6.07, 6.45) is 3.49. The van der Waals surface area contributed by atoms with E-state index in [1.807, 2.05) is 4.90 Å². The predicted octanol–water partition coefficient (Wildman–Crippen LogP) is 1.26. The number of nitrogens with zero attached hydrogens (tertiary/aromatic N) is 1. The van der Waals surface area contributed by atoms with Gasteiger partial charge in [0.05, 0.1) is 6.10 Å². The third kappa shape index (κ3) is 3.23. The van der Waals surface area contributed by atoms with Crippen molar-refractivity contribution in [2.45, 2.75) is 39.2 Å². The van der Waals surface area contributed by atoms with E-state index in [0.717, 1.165) is 52.0 Å². The molecule has 104 valence electrons. The third-order valence-corrected chi connectivity index (χ3v) is 4.16. The highest BCUT2D eigenvalue weighted by Gasteiger charge is 2.33. The van der Waals surface area contributed by atoms with Gasteiger partial charge in [0.25, 0.3) is 0 Å². The van der Waals surface area contributed by atoms with Gasteiger partial charge in [-0.2, -0.15) is 0 Å². The fourth-order valence-corrected chi connectivity index (χ4v) is 2.71. The van der Waals surface area contributed by atoms with Crippen molar-refractivity contribution in [3.63, 3.8) is 0 Å². The lowest BCUT2D eigenvalue weighted by Gasteiger charge is -2.38. The van der Waals surface area contributed by atoms with Gasteiger partial charge >= 0.3 is 0 Å². The van der Waals surface area contributed by atoms with E-state index in [0.29, 0.717) is 11.8 Å². The molecular formula is C14H26N2O2. The van der Waals surface area contributed by atoms with Crippen LogP contribution >= 0.6 is 0 Å². The molecule has 2 atom stereocenters. The van der Waals surface area contributed by atoms with E-state index in [4.69, 9.17) is 4.74 Å². The Labute approximate surface area is 110 Å². The molecule has 0 saturated carbocycles. The van der Waals surface area contributed by atoms with Crippen LogP contribution in [0.2, 0.25) is 0 Å².